The average molecular weight is 263 g/mol. The Hall–Kier alpha value is -1.00. The lowest BCUT2D eigenvalue weighted by Crippen LogP contribution is -2.45. The highest BCUT2D eigenvalue weighted by atomic mass is 19.1. The van der Waals surface area contributed by atoms with Crippen LogP contribution >= 0.6 is 0 Å². The maximum atomic E-state index is 13.2. The third kappa shape index (κ3) is 2.79. The van der Waals surface area contributed by atoms with Gasteiger partial charge in [-0.1, -0.05) is 6.42 Å². The van der Waals surface area contributed by atoms with E-state index in [1.807, 2.05) is 0 Å². The van der Waals surface area contributed by atoms with Gasteiger partial charge in [0.15, 0.2) is 0 Å². The highest BCUT2D eigenvalue weighted by Crippen LogP contribution is 2.28. The van der Waals surface area contributed by atoms with Crippen molar-refractivity contribution in [2.45, 2.75) is 50.7 Å². The summed E-state index contributed by atoms with van der Waals surface area (Å²) in [6.07, 6.45) is 8.20. The summed E-state index contributed by atoms with van der Waals surface area (Å²) in [7, 11) is 0. The molecule has 3 rings (SSSR count). The molecule has 1 aromatic heterocycles. The topological polar surface area (TPSA) is 28.2 Å². The van der Waals surface area contributed by atoms with Gasteiger partial charge in [0, 0.05) is 30.9 Å². The first-order valence-electron chi connectivity index (χ1n) is 7.34. The number of hydrogen-bond acceptors (Lipinski definition) is 3. The molecule has 2 fully saturated rings. The maximum Gasteiger partial charge on any atom is 0.141 e. The first-order chi connectivity index (χ1) is 9.24. The van der Waals surface area contributed by atoms with Gasteiger partial charge in [-0.2, -0.15) is 0 Å². The fraction of sp³-hybridized carbons (Fsp3) is 0.667. The fourth-order valence-electron chi connectivity index (χ4n) is 3.52. The predicted molar refractivity (Wildman–Crippen MR) is 73.4 cm³/mol. The molecule has 1 N–H and O–H groups in total. The normalized spacial score (nSPS) is 29.2. The summed E-state index contributed by atoms with van der Waals surface area (Å²) >= 11 is 0. The standard InChI is InChI=1S/C15H22FN3/c1-11(12-8-13(16)10-17-9-12)18-14-5-7-19-6-3-2-4-15(14)19/h8-11,14-15,18H,2-7H2,1H3. The Kier molecular flexibility index (Phi) is 3.80. The summed E-state index contributed by atoms with van der Waals surface area (Å²) < 4.78 is 13.2. The van der Waals surface area contributed by atoms with E-state index in [4.69, 9.17) is 0 Å². The Morgan fingerprint density at radius 2 is 2.21 bits per heavy atom. The summed E-state index contributed by atoms with van der Waals surface area (Å²) in [4.78, 5) is 6.54. The Labute approximate surface area is 114 Å². The molecular formula is C15H22FN3. The smallest absolute Gasteiger partial charge is 0.141 e. The molecule has 2 aliphatic heterocycles. The lowest BCUT2D eigenvalue weighted by Gasteiger charge is -2.33. The summed E-state index contributed by atoms with van der Waals surface area (Å²) in [6, 6.07) is 2.96. The average Bonchev–Trinajstić information content (AvgIpc) is 2.82. The third-order valence-electron chi connectivity index (χ3n) is 4.55. The van der Waals surface area contributed by atoms with Crippen molar-refractivity contribution in [3.8, 4) is 0 Å². The van der Waals surface area contributed by atoms with Gasteiger partial charge in [-0.25, -0.2) is 4.39 Å². The number of nitrogens with zero attached hydrogens (tertiary/aromatic N) is 2. The first kappa shape index (κ1) is 13.0. The van der Waals surface area contributed by atoms with Gasteiger partial charge in [0.25, 0.3) is 0 Å². The summed E-state index contributed by atoms with van der Waals surface area (Å²) in [5, 5.41) is 3.67. The number of aromatic nitrogens is 1. The lowest BCUT2D eigenvalue weighted by atomic mass is 9.98. The number of hydrogen-bond donors (Lipinski definition) is 1. The molecule has 2 aliphatic rings. The molecule has 0 bridgehead atoms. The van der Waals surface area contributed by atoms with Gasteiger partial charge in [-0.05, 0) is 44.4 Å². The van der Waals surface area contributed by atoms with Crippen LogP contribution in [0.1, 0.15) is 44.2 Å². The molecular weight excluding hydrogens is 241 g/mol. The monoisotopic (exact) mass is 263 g/mol. The molecule has 19 heavy (non-hydrogen) atoms. The van der Waals surface area contributed by atoms with Crippen LogP contribution in [0.2, 0.25) is 0 Å². The Morgan fingerprint density at radius 3 is 3.05 bits per heavy atom. The minimum atomic E-state index is -0.253. The zero-order valence-electron chi connectivity index (χ0n) is 11.5. The summed E-state index contributed by atoms with van der Waals surface area (Å²) in [6.45, 7) is 4.55. The molecule has 0 saturated carbocycles. The van der Waals surface area contributed by atoms with Crippen LogP contribution in [0.25, 0.3) is 0 Å². The van der Waals surface area contributed by atoms with E-state index in [0.29, 0.717) is 12.1 Å². The van der Waals surface area contributed by atoms with Crippen molar-refractivity contribution in [2.24, 2.45) is 0 Å². The number of fused-ring (bicyclic) bond motifs is 1. The summed E-state index contributed by atoms with van der Waals surface area (Å²) in [5.41, 5.74) is 0.939. The van der Waals surface area contributed by atoms with Crippen LogP contribution < -0.4 is 5.32 Å². The van der Waals surface area contributed by atoms with Gasteiger partial charge in [0.2, 0.25) is 0 Å². The van der Waals surface area contributed by atoms with Crippen molar-refractivity contribution in [3.63, 3.8) is 0 Å². The van der Waals surface area contributed by atoms with Gasteiger partial charge < -0.3 is 5.32 Å². The van der Waals surface area contributed by atoms with Crippen LogP contribution in [0.5, 0.6) is 0 Å². The van der Waals surface area contributed by atoms with Gasteiger partial charge >= 0.3 is 0 Å². The number of halogens is 1. The SMILES string of the molecule is CC(NC1CCN2CCCCC12)c1cncc(F)c1. The molecule has 0 aromatic carbocycles. The van der Waals surface area contributed by atoms with E-state index in [-0.39, 0.29) is 11.9 Å². The van der Waals surface area contributed by atoms with Crippen LogP contribution in [-0.2, 0) is 0 Å². The molecule has 1 aromatic rings. The van der Waals surface area contributed by atoms with E-state index in [9.17, 15) is 4.39 Å². The number of nitrogens with one attached hydrogen (secondary N) is 1. The van der Waals surface area contributed by atoms with Gasteiger partial charge in [-0.3, -0.25) is 9.88 Å². The van der Waals surface area contributed by atoms with Crippen molar-refractivity contribution >= 4 is 0 Å². The quantitative estimate of drug-likeness (QED) is 0.908. The van der Waals surface area contributed by atoms with E-state index in [2.05, 4.69) is 22.1 Å². The second-order valence-corrected chi connectivity index (χ2v) is 5.82. The number of rotatable bonds is 3. The second kappa shape index (κ2) is 5.55. The van der Waals surface area contributed by atoms with Crippen LogP contribution in [0.3, 0.4) is 0 Å². The Bertz CT molecular complexity index is 437. The lowest BCUT2D eigenvalue weighted by molar-refractivity contribution is 0.177. The summed E-state index contributed by atoms with van der Waals surface area (Å²) in [5.74, 6) is -0.253. The molecule has 3 nitrogen and oxygen atoms in total. The Balaban J connectivity index is 1.65. The molecule has 4 heteroatoms. The maximum absolute atomic E-state index is 13.2. The molecule has 3 atom stereocenters. The van der Waals surface area contributed by atoms with Crippen molar-refractivity contribution in [1.82, 2.24) is 15.2 Å². The van der Waals surface area contributed by atoms with Crippen LogP contribution in [0.4, 0.5) is 4.39 Å². The van der Waals surface area contributed by atoms with Crippen molar-refractivity contribution in [3.05, 3.63) is 29.8 Å². The van der Waals surface area contributed by atoms with E-state index in [0.717, 1.165) is 5.56 Å². The number of piperidine rings is 1. The van der Waals surface area contributed by atoms with E-state index >= 15 is 0 Å². The molecule has 3 unspecified atom stereocenters. The molecule has 0 spiro atoms. The van der Waals surface area contributed by atoms with Crippen molar-refractivity contribution in [2.75, 3.05) is 13.1 Å². The van der Waals surface area contributed by atoms with Crippen LogP contribution in [-0.4, -0.2) is 35.1 Å². The highest BCUT2D eigenvalue weighted by molar-refractivity contribution is 5.15. The van der Waals surface area contributed by atoms with Gasteiger partial charge in [-0.15, -0.1) is 0 Å². The molecule has 0 amide bonds. The van der Waals surface area contributed by atoms with Crippen LogP contribution in [0.15, 0.2) is 18.5 Å². The van der Waals surface area contributed by atoms with E-state index < -0.39 is 0 Å². The Morgan fingerprint density at radius 1 is 1.32 bits per heavy atom. The largest absolute Gasteiger partial charge is 0.306 e. The minimum absolute atomic E-state index is 0.162. The van der Waals surface area contributed by atoms with Gasteiger partial charge in [0.05, 0.1) is 6.20 Å². The second-order valence-electron chi connectivity index (χ2n) is 5.82. The van der Waals surface area contributed by atoms with Crippen molar-refractivity contribution in [1.29, 1.82) is 0 Å². The molecule has 0 aliphatic carbocycles. The fourth-order valence-corrected chi connectivity index (χ4v) is 3.52. The first-order valence-corrected chi connectivity index (χ1v) is 7.34. The molecule has 0 radical (unpaired) electrons. The van der Waals surface area contributed by atoms with E-state index in [1.165, 1.54) is 45.0 Å². The van der Waals surface area contributed by atoms with Crippen LogP contribution in [0, 0.1) is 5.82 Å². The predicted octanol–water partition coefficient (Wildman–Crippen LogP) is 2.50. The third-order valence-corrected chi connectivity index (χ3v) is 4.55. The van der Waals surface area contributed by atoms with Crippen molar-refractivity contribution < 1.29 is 4.39 Å². The molecule has 104 valence electrons. The molecule has 2 saturated heterocycles. The zero-order chi connectivity index (χ0) is 13.2. The minimum Gasteiger partial charge on any atom is -0.306 e. The zero-order valence-corrected chi connectivity index (χ0v) is 11.5. The highest BCUT2D eigenvalue weighted by Gasteiger charge is 2.35. The van der Waals surface area contributed by atoms with Gasteiger partial charge in [0.1, 0.15) is 5.82 Å². The molecule has 3 heterocycles. The number of pyridine rings is 1. The van der Waals surface area contributed by atoms with E-state index in [1.54, 1.807) is 12.3 Å².